The average Bonchev–Trinajstić information content (AvgIpc) is 3.39. The van der Waals surface area contributed by atoms with Gasteiger partial charge in [-0.05, 0) is 56.0 Å². The molecule has 0 aliphatic carbocycles. The van der Waals surface area contributed by atoms with Gasteiger partial charge in [-0.3, -0.25) is 9.59 Å². The molecule has 2 aromatic rings. The zero-order valence-corrected chi connectivity index (χ0v) is 19.7. The number of ketones is 1. The third kappa shape index (κ3) is 5.58. The van der Waals surface area contributed by atoms with Crippen molar-refractivity contribution in [2.45, 2.75) is 52.2 Å². The van der Waals surface area contributed by atoms with E-state index in [0.29, 0.717) is 24.5 Å². The van der Waals surface area contributed by atoms with E-state index in [0.717, 1.165) is 24.1 Å². The Morgan fingerprint density at radius 3 is 2.50 bits per heavy atom. The van der Waals surface area contributed by atoms with E-state index in [2.05, 4.69) is 6.92 Å². The fourth-order valence-corrected chi connectivity index (χ4v) is 4.49. The van der Waals surface area contributed by atoms with Crippen molar-refractivity contribution in [1.29, 1.82) is 0 Å². The third-order valence-corrected chi connectivity index (χ3v) is 6.21. The molecule has 1 aliphatic heterocycles. The van der Waals surface area contributed by atoms with Gasteiger partial charge >= 0.3 is 0 Å². The summed E-state index contributed by atoms with van der Waals surface area (Å²) in [6, 6.07) is 10.1. The SMILES string of the molecule is CCCCCOc1ccc(/C(O)=C2/C(=O)C(=O)N(CCOC(C)C)C2c2cccs2)cc1. The molecule has 0 saturated carbocycles. The van der Waals surface area contributed by atoms with Gasteiger partial charge in [-0.2, -0.15) is 0 Å². The normalized spacial score (nSPS) is 18.0. The fraction of sp³-hybridized carbons (Fsp3) is 0.440. The summed E-state index contributed by atoms with van der Waals surface area (Å²) in [6.45, 7) is 7.20. The number of ether oxygens (including phenoxy) is 2. The topological polar surface area (TPSA) is 76.1 Å². The molecule has 32 heavy (non-hydrogen) atoms. The van der Waals surface area contributed by atoms with Crippen molar-refractivity contribution in [3.8, 4) is 5.75 Å². The number of benzene rings is 1. The number of aliphatic hydroxyl groups is 1. The molecular weight excluding hydrogens is 426 g/mol. The van der Waals surface area contributed by atoms with Crippen LogP contribution in [-0.2, 0) is 14.3 Å². The number of Topliss-reactive ketones (excluding diaryl/α,β-unsaturated/α-hetero) is 1. The maximum absolute atomic E-state index is 12.9. The lowest BCUT2D eigenvalue weighted by atomic mass is 10.00. The standard InChI is InChI=1S/C25H31NO5S/c1-4-5-6-14-31-19-11-9-18(10-12-19)23(27)21-22(20-8-7-16-32-20)26(25(29)24(21)28)13-15-30-17(2)3/h7-12,16-17,22,27H,4-6,13-15H2,1-3H3/b23-21-. The van der Waals surface area contributed by atoms with Gasteiger partial charge in [-0.1, -0.05) is 25.8 Å². The van der Waals surface area contributed by atoms with Crippen LogP contribution in [0.15, 0.2) is 47.4 Å². The van der Waals surface area contributed by atoms with Gasteiger partial charge in [0.05, 0.1) is 30.9 Å². The molecular formula is C25H31NO5S. The van der Waals surface area contributed by atoms with Crippen molar-refractivity contribution >= 4 is 28.8 Å². The highest BCUT2D eigenvalue weighted by Gasteiger charge is 2.46. The molecule has 0 radical (unpaired) electrons. The Morgan fingerprint density at radius 2 is 1.88 bits per heavy atom. The van der Waals surface area contributed by atoms with Crippen LogP contribution in [0, 0.1) is 0 Å². The molecule has 1 saturated heterocycles. The van der Waals surface area contributed by atoms with Crippen LogP contribution >= 0.6 is 11.3 Å². The van der Waals surface area contributed by atoms with Crippen molar-refractivity contribution in [1.82, 2.24) is 4.90 Å². The lowest BCUT2D eigenvalue weighted by Gasteiger charge is -2.24. The molecule has 3 rings (SSSR count). The minimum Gasteiger partial charge on any atom is -0.507 e. The second-order valence-electron chi connectivity index (χ2n) is 8.01. The van der Waals surface area contributed by atoms with Crippen molar-refractivity contribution in [2.24, 2.45) is 0 Å². The van der Waals surface area contributed by atoms with Gasteiger partial charge in [0.1, 0.15) is 11.5 Å². The molecule has 1 unspecified atom stereocenters. The van der Waals surface area contributed by atoms with E-state index in [1.807, 2.05) is 31.4 Å². The summed E-state index contributed by atoms with van der Waals surface area (Å²) >= 11 is 1.45. The third-order valence-electron chi connectivity index (χ3n) is 5.28. The zero-order chi connectivity index (χ0) is 23.1. The molecule has 0 spiro atoms. The number of unbranched alkanes of at least 4 members (excludes halogenated alkanes) is 2. The maximum Gasteiger partial charge on any atom is 0.295 e. The molecule has 172 valence electrons. The quantitative estimate of drug-likeness (QED) is 0.218. The summed E-state index contributed by atoms with van der Waals surface area (Å²) < 4.78 is 11.3. The Hall–Kier alpha value is -2.64. The summed E-state index contributed by atoms with van der Waals surface area (Å²) in [5, 5.41) is 13.0. The van der Waals surface area contributed by atoms with Gasteiger partial charge in [-0.15, -0.1) is 11.3 Å². The number of likely N-dealkylation sites (tertiary alicyclic amines) is 1. The smallest absolute Gasteiger partial charge is 0.295 e. The van der Waals surface area contributed by atoms with Crippen molar-refractivity contribution < 1.29 is 24.2 Å². The molecule has 1 amide bonds. The Morgan fingerprint density at radius 1 is 1.12 bits per heavy atom. The molecule has 1 atom stereocenters. The lowest BCUT2D eigenvalue weighted by molar-refractivity contribution is -0.140. The predicted octanol–water partition coefficient (Wildman–Crippen LogP) is 5.16. The van der Waals surface area contributed by atoms with Gasteiger partial charge in [0.15, 0.2) is 0 Å². The second kappa shape index (κ2) is 11.3. The number of carbonyl (C=O) groups is 2. The van der Waals surface area contributed by atoms with E-state index >= 15 is 0 Å². The number of aliphatic hydroxyl groups excluding tert-OH is 1. The van der Waals surface area contributed by atoms with Crippen molar-refractivity contribution in [2.75, 3.05) is 19.8 Å². The fourth-order valence-electron chi connectivity index (χ4n) is 3.65. The summed E-state index contributed by atoms with van der Waals surface area (Å²) in [7, 11) is 0. The molecule has 1 N–H and O–H groups in total. The Balaban J connectivity index is 1.87. The molecule has 6 nitrogen and oxygen atoms in total. The zero-order valence-electron chi connectivity index (χ0n) is 18.9. The molecule has 1 aromatic heterocycles. The molecule has 2 heterocycles. The van der Waals surface area contributed by atoms with Crippen molar-refractivity contribution in [3.63, 3.8) is 0 Å². The highest BCUT2D eigenvalue weighted by Crippen LogP contribution is 2.41. The first kappa shape index (κ1) is 24.0. The van der Waals surface area contributed by atoms with Crippen LogP contribution in [0.25, 0.3) is 5.76 Å². The van der Waals surface area contributed by atoms with Gasteiger partial charge < -0.3 is 19.5 Å². The van der Waals surface area contributed by atoms with Gasteiger partial charge in [0, 0.05) is 17.0 Å². The largest absolute Gasteiger partial charge is 0.507 e. The van der Waals surface area contributed by atoms with Crippen LogP contribution in [-0.4, -0.2) is 47.6 Å². The lowest BCUT2D eigenvalue weighted by Crippen LogP contribution is -2.33. The van der Waals surface area contributed by atoms with Crippen molar-refractivity contribution in [3.05, 3.63) is 57.8 Å². The van der Waals surface area contributed by atoms with Gasteiger partial charge in [0.25, 0.3) is 11.7 Å². The van der Waals surface area contributed by atoms with E-state index in [1.54, 1.807) is 24.3 Å². The maximum atomic E-state index is 12.9. The Kier molecular flexibility index (Phi) is 8.47. The van der Waals surface area contributed by atoms with Crippen LogP contribution in [0.2, 0.25) is 0 Å². The summed E-state index contributed by atoms with van der Waals surface area (Å²) in [4.78, 5) is 28.1. The van der Waals surface area contributed by atoms with Crippen LogP contribution in [0.4, 0.5) is 0 Å². The van der Waals surface area contributed by atoms with Gasteiger partial charge in [0.2, 0.25) is 0 Å². The Bertz CT molecular complexity index is 934. The first-order chi connectivity index (χ1) is 15.4. The van der Waals surface area contributed by atoms with E-state index in [9.17, 15) is 14.7 Å². The number of carbonyl (C=O) groups excluding carboxylic acids is 2. The average molecular weight is 458 g/mol. The van der Waals surface area contributed by atoms with E-state index in [-0.39, 0.29) is 24.0 Å². The van der Waals surface area contributed by atoms with Crippen LogP contribution in [0.5, 0.6) is 5.75 Å². The number of thiophene rings is 1. The highest BCUT2D eigenvalue weighted by atomic mass is 32.1. The molecule has 1 aliphatic rings. The second-order valence-corrected chi connectivity index (χ2v) is 8.99. The number of amides is 1. The number of rotatable bonds is 11. The molecule has 1 fully saturated rings. The number of hydrogen-bond acceptors (Lipinski definition) is 6. The summed E-state index contributed by atoms with van der Waals surface area (Å²) in [5.74, 6) is -0.760. The van der Waals surface area contributed by atoms with E-state index in [1.165, 1.54) is 16.2 Å². The predicted molar refractivity (Wildman–Crippen MR) is 126 cm³/mol. The number of nitrogens with zero attached hydrogens (tertiary/aromatic N) is 1. The molecule has 7 heteroatoms. The van der Waals surface area contributed by atoms with E-state index < -0.39 is 17.7 Å². The van der Waals surface area contributed by atoms with Crippen LogP contribution in [0.1, 0.15) is 56.5 Å². The number of hydrogen-bond donors (Lipinski definition) is 1. The minimum absolute atomic E-state index is 0.0229. The Labute approximate surface area is 193 Å². The summed E-state index contributed by atoms with van der Waals surface area (Å²) in [6.07, 6.45) is 3.25. The monoisotopic (exact) mass is 457 g/mol. The molecule has 1 aromatic carbocycles. The van der Waals surface area contributed by atoms with Crippen LogP contribution in [0.3, 0.4) is 0 Å². The minimum atomic E-state index is -0.676. The van der Waals surface area contributed by atoms with Gasteiger partial charge in [-0.25, -0.2) is 0 Å². The summed E-state index contributed by atoms with van der Waals surface area (Å²) in [5.41, 5.74) is 0.586. The first-order valence-electron chi connectivity index (χ1n) is 11.1. The van der Waals surface area contributed by atoms with Crippen LogP contribution < -0.4 is 4.74 Å². The van der Waals surface area contributed by atoms with E-state index in [4.69, 9.17) is 9.47 Å². The highest BCUT2D eigenvalue weighted by molar-refractivity contribution is 7.10. The molecule has 0 bridgehead atoms. The first-order valence-corrected chi connectivity index (χ1v) is 12.0.